The number of aromatic amines is 1. The van der Waals surface area contributed by atoms with Gasteiger partial charge in [0.05, 0.1) is 16.8 Å². The van der Waals surface area contributed by atoms with Crippen molar-refractivity contribution in [1.82, 2.24) is 25.2 Å². The van der Waals surface area contributed by atoms with Crippen molar-refractivity contribution in [2.24, 2.45) is 11.3 Å². The Morgan fingerprint density at radius 1 is 1.27 bits per heavy atom. The second-order valence-corrected chi connectivity index (χ2v) is 11.6. The Morgan fingerprint density at radius 2 is 2.03 bits per heavy atom. The Morgan fingerprint density at radius 3 is 2.70 bits per heavy atom. The Hall–Kier alpha value is -2.63. The molecule has 12 heteroatoms. The van der Waals surface area contributed by atoms with Crippen molar-refractivity contribution in [3.8, 4) is 0 Å². The van der Waals surface area contributed by atoms with E-state index in [1.54, 1.807) is 12.3 Å². The molecule has 1 saturated carbocycles. The van der Waals surface area contributed by atoms with E-state index in [1.807, 2.05) is 9.80 Å². The van der Waals surface area contributed by atoms with Gasteiger partial charge in [0.15, 0.2) is 9.73 Å². The summed E-state index contributed by atoms with van der Waals surface area (Å²) in [6, 6.07) is 5.57. The van der Waals surface area contributed by atoms with Crippen molar-refractivity contribution in [1.29, 1.82) is 4.78 Å². The molecule has 1 aliphatic carbocycles. The van der Waals surface area contributed by atoms with E-state index in [-0.39, 0.29) is 17.4 Å². The number of H-pyrrole nitrogens is 1. The molecule has 3 heterocycles. The lowest BCUT2D eigenvalue weighted by molar-refractivity contribution is -0.0754. The number of likely N-dealkylation sites (tertiary alicyclic amines) is 2. The van der Waals surface area contributed by atoms with Gasteiger partial charge in [-0.25, -0.2) is 13.8 Å². The lowest BCUT2D eigenvalue weighted by Crippen LogP contribution is -2.65. The number of carbonyl (C=O) groups excluding carboxylic acids is 1. The average Bonchev–Trinajstić information content (AvgIpc) is 3.39. The van der Waals surface area contributed by atoms with Gasteiger partial charge in [0.1, 0.15) is 0 Å². The predicted octanol–water partition coefficient (Wildman–Crippen LogP) is 3.59. The minimum Gasteiger partial charge on any atom is -0.324 e. The molecule has 33 heavy (non-hydrogen) atoms. The number of nitrogens with zero attached hydrogens (tertiary/aromatic N) is 4. The topological polar surface area (TPSA) is 106 Å². The standard InChI is InChI=1S/C21H25F3N6O2S/c22-21(23,24)33(25,32)17-3-1-2-14(7-17)6-15-8-20(9-15)12-30(13-20)19(31)29-5-4-16(11-29)18-10-26-28-27-18/h1-3,7,10,15-16,25H,4-6,8-9,11-13H2,(H,26,27,28)/t16-,33?/m0/s1. The van der Waals surface area contributed by atoms with Crippen LogP contribution >= 0.6 is 0 Å². The zero-order valence-electron chi connectivity index (χ0n) is 17.8. The van der Waals surface area contributed by atoms with Crippen LogP contribution in [0.3, 0.4) is 0 Å². The zero-order valence-corrected chi connectivity index (χ0v) is 18.7. The second-order valence-electron chi connectivity index (χ2n) is 9.59. The minimum atomic E-state index is -5.08. The van der Waals surface area contributed by atoms with Crippen LogP contribution in [0.2, 0.25) is 0 Å². The number of amides is 2. The van der Waals surface area contributed by atoms with Crippen LogP contribution < -0.4 is 0 Å². The minimum absolute atomic E-state index is 0.0557. The van der Waals surface area contributed by atoms with E-state index in [9.17, 15) is 22.2 Å². The fraction of sp³-hybridized carbons (Fsp3) is 0.571. The summed E-state index contributed by atoms with van der Waals surface area (Å²) in [6.07, 6.45) is 4.99. The van der Waals surface area contributed by atoms with Crippen molar-refractivity contribution < 1.29 is 22.2 Å². The van der Waals surface area contributed by atoms with Crippen LogP contribution in [0.1, 0.15) is 36.4 Å². The van der Waals surface area contributed by atoms with E-state index in [1.165, 1.54) is 12.1 Å². The third-order valence-electron chi connectivity index (χ3n) is 7.16. The number of benzene rings is 1. The molecule has 3 fully saturated rings. The van der Waals surface area contributed by atoms with Gasteiger partial charge in [-0.15, -0.1) is 0 Å². The number of aromatic nitrogens is 3. The molecule has 1 spiro atoms. The molecule has 8 nitrogen and oxygen atoms in total. The van der Waals surface area contributed by atoms with E-state index in [2.05, 4.69) is 15.4 Å². The van der Waals surface area contributed by atoms with E-state index in [0.717, 1.165) is 31.0 Å². The second kappa shape index (κ2) is 7.71. The van der Waals surface area contributed by atoms with Gasteiger partial charge in [-0.1, -0.05) is 12.1 Å². The summed E-state index contributed by atoms with van der Waals surface area (Å²) in [5.41, 5.74) is -3.43. The van der Waals surface area contributed by atoms with Crippen LogP contribution in [0.15, 0.2) is 35.4 Å². The molecule has 1 aromatic heterocycles. The summed E-state index contributed by atoms with van der Waals surface area (Å²) in [4.78, 5) is 16.1. The highest BCUT2D eigenvalue weighted by Gasteiger charge is 2.54. The molecule has 3 aliphatic rings. The third-order valence-corrected chi connectivity index (χ3v) is 8.73. The Kier molecular flexibility index (Phi) is 5.18. The van der Waals surface area contributed by atoms with E-state index < -0.39 is 20.1 Å². The van der Waals surface area contributed by atoms with Crippen molar-refractivity contribution in [3.63, 3.8) is 0 Å². The maximum atomic E-state index is 12.9. The third kappa shape index (κ3) is 3.98. The highest BCUT2D eigenvalue weighted by Crippen LogP contribution is 2.53. The first-order valence-electron chi connectivity index (χ1n) is 10.9. The van der Waals surface area contributed by atoms with Crippen LogP contribution in [0.25, 0.3) is 0 Å². The summed E-state index contributed by atoms with van der Waals surface area (Å²) in [5, 5.41) is 10.6. The van der Waals surface area contributed by atoms with Crippen molar-refractivity contribution in [3.05, 3.63) is 41.7 Å². The quantitative estimate of drug-likeness (QED) is 0.695. The van der Waals surface area contributed by atoms with Gasteiger partial charge < -0.3 is 9.80 Å². The number of urea groups is 1. The molecule has 0 radical (unpaired) electrons. The van der Waals surface area contributed by atoms with E-state index in [0.29, 0.717) is 44.1 Å². The molecule has 2 saturated heterocycles. The fourth-order valence-corrected chi connectivity index (χ4v) is 6.42. The summed E-state index contributed by atoms with van der Waals surface area (Å²) >= 11 is 0. The van der Waals surface area contributed by atoms with Crippen molar-refractivity contribution >= 4 is 15.8 Å². The number of carbonyl (C=O) groups is 1. The molecule has 2 aliphatic heterocycles. The van der Waals surface area contributed by atoms with E-state index >= 15 is 0 Å². The number of hydrogen-bond acceptors (Lipinski definition) is 5. The van der Waals surface area contributed by atoms with Crippen LogP contribution in [0.5, 0.6) is 0 Å². The first kappa shape index (κ1) is 22.2. The predicted molar refractivity (Wildman–Crippen MR) is 113 cm³/mol. The van der Waals surface area contributed by atoms with Gasteiger partial charge in [-0.3, -0.25) is 0 Å². The average molecular weight is 483 g/mol. The first-order valence-corrected chi connectivity index (χ1v) is 12.5. The molecule has 2 aromatic rings. The molecule has 5 rings (SSSR count). The van der Waals surface area contributed by atoms with Crippen LogP contribution in [-0.2, 0) is 16.1 Å². The first-order chi connectivity index (χ1) is 15.6. The summed E-state index contributed by atoms with van der Waals surface area (Å²) in [5.74, 6) is 0.524. The maximum absolute atomic E-state index is 12.9. The lowest BCUT2D eigenvalue weighted by atomic mass is 9.56. The van der Waals surface area contributed by atoms with E-state index in [4.69, 9.17) is 4.78 Å². The monoisotopic (exact) mass is 482 g/mol. The van der Waals surface area contributed by atoms with Gasteiger partial charge >= 0.3 is 11.5 Å². The van der Waals surface area contributed by atoms with Gasteiger partial charge in [-0.2, -0.15) is 28.6 Å². The van der Waals surface area contributed by atoms with Gasteiger partial charge in [0, 0.05) is 37.5 Å². The molecule has 2 N–H and O–H groups in total. The molecule has 1 aromatic carbocycles. The van der Waals surface area contributed by atoms with Gasteiger partial charge in [-0.05, 0) is 49.3 Å². The number of halogens is 3. The Bertz CT molecular complexity index is 1140. The number of nitrogens with one attached hydrogen (secondary N) is 2. The molecule has 2 atom stereocenters. The number of rotatable bonds is 4. The fourth-order valence-electron chi connectivity index (χ4n) is 5.57. The zero-order chi connectivity index (χ0) is 23.4. The van der Waals surface area contributed by atoms with Crippen molar-refractivity contribution in [2.45, 2.75) is 42.0 Å². The summed E-state index contributed by atoms with van der Waals surface area (Å²) < 4.78 is 58.0. The molecule has 1 unspecified atom stereocenters. The normalized spacial score (nSPS) is 24.4. The van der Waals surface area contributed by atoms with Gasteiger partial charge in [0.2, 0.25) is 0 Å². The summed E-state index contributed by atoms with van der Waals surface area (Å²) in [6.45, 7) is 2.77. The highest BCUT2D eigenvalue weighted by molar-refractivity contribution is 7.93. The number of hydrogen-bond donors (Lipinski definition) is 2. The maximum Gasteiger partial charge on any atom is 0.483 e. The molecular formula is C21H25F3N6O2S. The van der Waals surface area contributed by atoms with Crippen LogP contribution in [-0.4, -0.2) is 67.1 Å². The Labute approximate surface area is 189 Å². The van der Waals surface area contributed by atoms with Gasteiger partial charge in [0.25, 0.3) is 0 Å². The Balaban J connectivity index is 1.12. The summed E-state index contributed by atoms with van der Waals surface area (Å²) in [7, 11) is -4.84. The molecule has 2 amide bonds. The van der Waals surface area contributed by atoms with Crippen LogP contribution in [0.4, 0.5) is 18.0 Å². The highest BCUT2D eigenvalue weighted by atomic mass is 32.2. The molecule has 0 bridgehead atoms. The smallest absolute Gasteiger partial charge is 0.324 e. The SMILES string of the molecule is N=S(=O)(c1cccc(CC2CC3(C2)CN(C(=O)N2CC[C@H](c4cn[nH]n4)C2)C3)c1)C(F)(F)F. The molecule has 178 valence electrons. The van der Waals surface area contributed by atoms with Crippen LogP contribution in [0, 0.1) is 16.1 Å². The number of alkyl halides is 3. The largest absolute Gasteiger partial charge is 0.483 e. The lowest BCUT2D eigenvalue weighted by Gasteiger charge is -2.59. The van der Waals surface area contributed by atoms with Crippen molar-refractivity contribution in [2.75, 3.05) is 26.2 Å². The molecular weight excluding hydrogens is 457 g/mol.